The Bertz CT molecular complexity index is 386. The molecule has 3 nitrogen and oxygen atoms in total. The van der Waals surface area contributed by atoms with Gasteiger partial charge in [-0.05, 0) is 62.0 Å². The average molecular weight is 263 g/mol. The fourth-order valence-corrected chi connectivity index (χ4v) is 2.64. The molecule has 106 valence electrons. The van der Waals surface area contributed by atoms with Gasteiger partial charge in [0.05, 0.1) is 6.61 Å². The molecule has 0 aliphatic carbocycles. The van der Waals surface area contributed by atoms with Crippen LogP contribution >= 0.6 is 0 Å². The monoisotopic (exact) mass is 263 g/mol. The molecule has 0 atom stereocenters. The second-order valence-corrected chi connectivity index (χ2v) is 5.30. The van der Waals surface area contributed by atoms with Crippen LogP contribution in [0.4, 0.5) is 0 Å². The summed E-state index contributed by atoms with van der Waals surface area (Å²) >= 11 is 0. The zero-order valence-corrected chi connectivity index (χ0v) is 12.1. The van der Waals surface area contributed by atoms with E-state index in [4.69, 9.17) is 9.47 Å². The third-order valence-electron chi connectivity index (χ3n) is 3.65. The first-order valence-electron chi connectivity index (χ1n) is 7.23. The van der Waals surface area contributed by atoms with E-state index in [-0.39, 0.29) is 0 Å². The molecule has 0 amide bonds. The van der Waals surface area contributed by atoms with Gasteiger partial charge >= 0.3 is 0 Å². The van der Waals surface area contributed by atoms with E-state index in [9.17, 15) is 0 Å². The van der Waals surface area contributed by atoms with Gasteiger partial charge in [-0.15, -0.1) is 0 Å². The summed E-state index contributed by atoms with van der Waals surface area (Å²) in [7, 11) is 1.72. The summed E-state index contributed by atoms with van der Waals surface area (Å²) in [6, 6.07) is 6.64. The van der Waals surface area contributed by atoms with E-state index >= 15 is 0 Å². The molecule has 0 bridgehead atoms. The van der Waals surface area contributed by atoms with Crippen molar-refractivity contribution in [1.82, 2.24) is 5.32 Å². The maximum Gasteiger partial charge on any atom is 0.119 e. The Hall–Kier alpha value is -1.06. The molecule has 1 fully saturated rings. The predicted octanol–water partition coefficient (Wildman–Crippen LogP) is 2.88. The Morgan fingerprint density at radius 2 is 1.95 bits per heavy atom. The van der Waals surface area contributed by atoms with Crippen LogP contribution in [0.1, 0.15) is 36.3 Å². The molecule has 0 aromatic heterocycles. The van der Waals surface area contributed by atoms with Gasteiger partial charge in [-0.1, -0.05) is 6.07 Å². The van der Waals surface area contributed by atoms with Crippen molar-refractivity contribution in [2.45, 2.75) is 32.1 Å². The highest BCUT2D eigenvalue weighted by molar-refractivity contribution is 5.36. The molecule has 2 rings (SSSR count). The minimum atomic E-state index is 0.683. The van der Waals surface area contributed by atoms with Gasteiger partial charge in [0.25, 0.3) is 0 Å². The van der Waals surface area contributed by atoms with Crippen LogP contribution in [0.2, 0.25) is 0 Å². The molecule has 0 radical (unpaired) electrons. The number of nitrogens with one attached hydrogen (secondary N) is 1. The molecule has 1 aromatic carbocycles. The Kier molecular flexibility index (Phi) is 5.67. The summed E-state index contributed by atoms with van der Waals surface area (Å²) in [6.45, 7) is 5.88. The lowest BCUT2D eigenvalue weighted by Gasteiger charge is -2.23. The molecule has 19 heavy (non-hydrogen) atoms. The Labute approximate surface area is 116 Å². The minimum Gasteiger partial charge on any atom is -0.493 e. The van der Waals surface area contributed by atoms with Crippen molar-refractivity contribution >= 4 is 0 Å². The van der Waals surface area contributed by atoms with E-state index in [1.54, 1.807) is 7.11 Å². The molecule has 1 aromatic rings. The number of benzene rings is 1. The van der Waals surface area contributed by atoms with Crippen molar-refractivity contribution in [3.63, 3.8) is 0 Å². The zero-order chi connectivity index (χ0) is 13.5. The third kappa shape index (κ3) is 4.51. The van der Waals surface area contributed by atoms with Gasteiger partial charge in [0.1, 0.15) is 5.75 Å². The molecule has 0 unspecified atom stereocenters. The van der Waals surface area contributed by atoms with Crippen LogP contribution in [-0.2, 0) is 4.74 Å². The van der Waals surface area contributed by atoms with Crippen molar-refractivity contribution in [3.8, 4) is 5.75 Å². The second kappa shape index (κ2) is 7.51. The van der Waals surface area contributed by atoms with E-state index in [1.165, 1.54) is 24.0 Å². The Morgan fingerprint density at radius 1 is 1.16 bits per heavy atom. The number of hydrogen-bond acceptors (Lipinski definition) is 3. The number of ether oxygens (including phenoxy) is 2. The highest BCUT2D eigenvalue weighted by atomic mass is 16.5. The van der Waals surface area contributed by atoms with Gasteiger partial charge in [-0.2, -0.15) is 0 Å². The fraction of sp³-hybridized carbons (Fsp3) is 0.625. The van der Waals surface area contributed by atoms with E-state index < -0.39 is 0 Å². The number of methoxy groups -OCH3 is 1. The van der Waals surface area contributed by atoms with Crippen LogP contribution in [-0.4, -0.2) is 33.4 Å². The van der Waals surface area contributed by atoms with Crippen molar-refractivity contribution in [3.05, 3.63) is 29.3 Å². The highest BCUT2D eigenvalue weighted by Crippen LogP contribution is 2.29. The minimum absolute atomic E-state index is 0.683. The van der Waals surface area contributed by atoms with Crippen molar-refractivity contribution in [2.24, 2.45) is 0 Å². The summed E-state index contributed by atoms with van der Waals surface area (Å²) in [5.41, 5.74) is 2.72. The van der Waals surface area contributed by atoms with Gasteiger partial charge in [0, 0.05) is 20.1 Å². The first-order chi connectivity index (χ1) is 9.29. The van der Waals surface area contributed by atoms with E-state index in [2.05, 4.69) is 30.4 Å². The molecule has 0 saturated carbocycles. The molecule has 3 heteroatoms. The first kappa shape index (κ1) is 14.4. The molecule has 0 spiro atoms. The maximum absolute atomic E-state index is 5.82. The summed E-state index contributed by atoms with van der Waals surface area (Å²) in [5, 5.41) is 3.42. The molecular weight excluding hydrogens is 238 g/mol. The normalized spacial score (nSPS) is 16.5. The van der Waals surface area contributed by atoms with Crippen LogP contribution in [0, 0.1) is 6.92 Å². The summed E-state index contributed by atoms with van der Waals surface area (Å²) in [5.74, 6) is 1.69. The van der Waals surface area contributed by atoms with E-state index in [0.717, 1.165) is 38.5 Å². The smallest absolute Gasteiger partial charge is 0.119 e. The van der Waals surface area contributed by atoms with Gasteiger partial charge in [-0.25, -0.2) is 0 Å². The molecule has 1 aliphatic rings. The lowest BCUT2D eigenvalue weighted by molar-refractivity contribution is 0.172. The number of hydrogen-bond donors (Lipinski definition) is 1. The van der Waals surface area contributed by atoms with Crippen molar-refractivity contribution < 1.29 is 9.47 Å². The molecule has 1 N–H and O–H groups in total. The summed E-state index contributed by atoms with van der Waals surface area (Å²) in [6.07, 6.45) is 3.40. The predicted molar refractivity (Wildman–Crippen MR) is 78.0 cm³/mol. The maximum atomic E-state index is 5.82. The molecule has 1 saturated heterocycles. The van der Waals surface area contributed by atoms with Crippen LogP contribution < -0.4 is 10.1 Å². The molecule has 1 aliphatic heterocycles. The second-order valence-electron chi connectivity index (χ2n) is 5.30. The van der Waals surface area contributed by atoms with Crippen molar-refractivity contribution in [1.29, 1.82) is 0 Å². The van der Waals surface area contributed by atoms with Crippen LogP contribution in [0.25, 0.3) is 0 Å². The molecule has 1 heterocycles. The average Bonchev–Trinajstić information content (AvgIpc) is 2.44. The molecular formula is C16H25NO2. The summed E-state index contributed by atoms with van der Waals surface area (Å²) < 4.78 is 10.9. The quantitative estimate of drug-likeness (QED) is 0.801. The number of rotatable bonds is 6. The SMILES string of the molecule is COCCCOc1cc(C)cc(C2CCNCC2)c1. The van der Waals surface area contributed by atoms with Crippen LogP contribution in [0.3, 0.4) is 0 Å². The number of aryl methyl sites for hydroxylation is 1. The lowest BCUT2D eigenvalue weighted by Crippen LogP contribution is -2.26. The Balaban J connectivity index is 1.97. The third-order valence-corrected chi connectivity index (χ3v) is 3.65. The number of piperidine rings is 1. The van der Waals surface area contributed by atoms with E-state index in [0.29, 0.717) is 5.92 Å². The zero-order valence-electron chi connectivity index (χ0n) is 12.1. The van der Waals surface area contributed by atoms with Gasteiger partial charge < -0.3 is 14.8 Å². The Morgan fingerprint density at radius 3 is 2.68 bits per heavy atom. The fourth-order valence-electron chi connectivity index (χ4n) is 2.64. The van der Waals surface area contributed by atoms with Crippen LogP contribution in [0.5, 0.6) is 5.75 Å². The van der Waals surface area contributed by atoms with Gasteiger partial charge in [0.15, 0.2) is 0 Å². The first-order valence-corrected chi connectivity index (χ1v) is 7.23. The topological polar surface area (TPSA) is 30.5 Å². The standard InChI is InChI=1S/C16H25NO2/c1-13-10-15(14-4-6-17-7-5-14)12-16(11-13)19-9-3-8-18-2/h10-12,14,17H,3-9H2,1-2H3. The highest BCUT2D eigenvalue weighted by Gasteiger charge is 2.16. The summed E-state index contributed by atoms with van der Waals surface area (Å²) in [4.78, 5) is 0. The van der Waals surface area contributed by atoms with Gasteiger partial charge in [0.2, 0.25) is 0 Å². The van der Waals surface area contributed by atoms with E-state index in [1.807, 2.05) is 0 Å². The van der Waals surface area contributed by atoms with Crippen molar-refractivity contribution in [2.75, 3.05) is 33.4 Å². The lowest BCUT2D eigenvalue weighted by atomic mass is 9.89. The van der Waals surface area contributed by atoms with Gasteiger partial charge in [-0.3, -0.25) is 0 Å². The largest absolute Gasteiger partial charge is 0.493 e. The van der Waals surface area contributed by atoms with Crippen LogP contribution in [0.15, 0.2) is 18.2 Å².